The number of aromatic nitrogens is 2. The molecule has 3 nitrogen and oxygen atoms in total. The molecule has 2 unspecified atom stereocenters. The Bertz CT molecular complexity index is 266. The lowest BCUT2D eigenvalue weighted by atomic mass is 10.0. The molecule has 1 aliphatic rings. The predicted octanol–water partition coefficient (Wildman–Crippen LogP) is 1.31. The molecule has 0 saturated heterocycles. The van der Waals surface area contributed by atoms with Gasteiger partial charge in [0.25, 0.3) is 0 Å². The first-order valence-corrected chi connectivity index (χ1v) is 4.55. The van der Waals surface area contributed by atoms with Gasteiger partial charge in [-0.15, -0.1) is 0 Å². The first-order chi connectivity index (χ1) is 5.77. The zero-order chi connectivity index (χ0) is 8.55. The second kappa shape index (κ2) is 2.90. The van der Waals surface area contributed by atoms with Crippen molar-refractivity contribution in [3.8, 4) is 0 Å². The van der Waals surface area contributed by atoms with Gasteiger partial charge in [-0.25, -0.2) is 0 Å². The number of aromatic amines is 1. The number of aryl methyl sites for hydroxylation is 1. The van der Waals surface area contributed by atoms with Crippen LogP contribution in [0.5, 0.6) is 0 Å². The largest absolute Gasteiger partial charge is 0.327 e. The van der Waals surface area contributed by atoms with Crippen LogP contribution >= 0.6 is 0 Å². The highest BCUT2D eigenvalue weighted by molar-refractivity contribution is 5.15. The van der Waals surface area contributed by atoms with E-state index in [1.54, 1.807) is 0 Å². The number of H-pyrrole nitrogens is 1. The Hall–Kier alpha value is -0.830. The minimum Gasteiger partial charge on any atom is -0.327 e. The predicted molar refractivity (Wildman–Crippen MR) is 47.9 cm³/mol. The third-order valence-electron chi connectivity index (χ3n) is 2.68. The third-order valence-corrected chi connectivity index (χ3v) is 2.68. The SMILES string of the molecule is Cc1cc(C2CCCC2N)n[nH]1. The standard InChI is InChI=1S/C9H15N3/c1-6-5-9(12-11-6)7-3-2-4-8(7)10/h5,7-8H,2-4,10H2,1H3,(H,11,12). The maximum Gasteiger partial charge on any atom is 0.0671 e. The van der Waals surface area contributed by atoms with E-state index in [0.29, 0.717) is 12.0 Å². The molecule has 0 radical (unpaired) electrons. The molecule has 0 aliphatic heterocycles. The maximum absolute atomic E-state index is 5.97. The molecule has 1 aliphatic carbocycles. The second-order valence-corrected chi connectivity index (χ2v) is 3.68. The minimum atomic E-state index is 0.327. The van der Waals surface area contributed by atoms with Gasteiger partial charge in [0.05, 0.1) is 5.69 Å². The molecule has 0 spiro atoms. The lowest BCUT2D eigenvalue weighted by molar-refractivity contribution is 0.596. The van der Waals surface area contributed by atoms with Gasteiger partial charge in [-0.1, -0.05) is 6.42 Å². The summed E-state index contributed by atoms with van der Waals surface area (Å²) in [5.41, 5.74) is 8.25. The van der Waals surface area contributed by atoms with Crippen molar-refractivity contribution in [3.63, 3.8) is 0 Å². The van der Waals surface area contributed by atoms with Crippen LogP contribution in [-0.2, 0) is 0 Å². The van der Waals surface area contributed by atoms with E-state index < -0.39 is 0 Å². The van der Waals surface area contributed by atoms with Crippen molar-refractivity contribution >= 4 is 0 Å². The van der Waals surface area contributed by atoms with Gasteiger partial charge >= 0.3 is 0 Å². The molecule has 0 aromatic carbocycles. The van der Waals surface area contributed by atoms with E-state index in [2.05, 4.69) is 16.3 Å². The first kappa shape index (κ1) is 7.80. The third kappa shape index (κ3) is 1.25. The van der Waals surface area contributed by atoms with E-state index in [0.717, 1.165) is 17.8 Å². The normalized spacial score (nSPS) is 29.5. The van der Waals surface area contributed by atoms with Gasteiger partial charge in [0.2, 0.25) is 0 Å². The van der Waals surface area contributed by atoms with Gasteiger partial charge in [0, 0.05) is 17.7 Å². The minimum absolute atomic E-state index is 0.327. The van der Waals surface area contributed by atoms with Gasteiger partial charge in [-0.2, -0.15) is 5.10 Å². The quantitative estimate of drug-likeness (QED) is 0.659. The molecule has 0 amide bonds. The summed E-state index contributed by atoms with van der Waals surface area (Å²) in [6.07, 6.45) is 3.60. The van der Waals surface area contributed by atoms with Gasteiger partial charge < -0.3 is 5.73 Å². The zero-order valence-corrected chi connectivity index (χ0v) is 7.38. The van der Waals surface area contributed by atoms with Gasteiger partial charge in [-0.05, 0) is 25.8 Å². The lowest BCUT2D eigenvalue weighted by Crippen LogP contribution is -2.22. The molecular formula is C9H15N3. The highest BCUT2D eigenvalue weighted by atomic mass is 15.1. The summed E-state index contributed by atoms with van der Waals surface area (Å²) < 4.78 is 0. The smallest absolute Gasteiger partial charge is 0.0671 e. The Kier molecular flexibility index (Phi) is 1.89. The Labute approximate surface area is 72.4 Å². The van der Waals surface area contributed by atoms with Crippen molar-refractivity contribution in [1.82, 2.24) is 10.2 Å². The number of nitrogens with one attached hydrogen (secondary N) is 1. The molecule has 2 rings (SSSR count). The molecule has 1 fully saturated rings. The fraction of sp³-hybridized carbons (Fsp3) is 0.667. The average molecular weight is 165 g/mol. The van der Waals surface area contributed by atoms with Crippen LogP contribution < -0.4 is 5.73 Å². The van der Waals surface area contributed by atoms with Crippen LogP contribution in [0.15, 0.2) is 6.07 Å². The van der Waals surface area contributed by atoms with Crippen molar-refractivity contribution in [3.05, 3.63) is 17.5 Å². The average Bonchev–Trinajstić information content (AvgIpc) is 2.58. The van der Waals surface area contributed by atoms with E-state index in [1.165, 1.54) is 12.8 Å². The van der Waals surface area contributed by atoms with Crippen LogP contribution in [0.3, 0.4) is 0 Å². The van der Waals surface area contributed by atoms with Crippen LogP contribution in [0.2, 0.25) is 0 Å². The van der Waals surface area contributed by atoms with E-state index >= 15 is 0 Å². The van der Waals surface area contributed by atoms with Crippen molar-refractivity contribution in [2.45, 2.75) is 38.1 Å². The van der Waals surface area contributed by atoms with Crippen LogP contribution in [-0.4, -0.2) is 16.2 Å². The Balaban J connectivity index is 2.19. The number of hydrogen-bond donors (Lipinski definition) is 2. The number of nitrogens with two attached hydrogens (primary N) is 1. The zero-order valence-electron chi connectivity index (χ0n) is 7.38. The van der Waals surface area contributed by atoms with Gasteiger partial charge in [0.15, 0.2) is 0 Å². The molecule has 1 aromatic rings. The van der Waals surface area contributed by atoms with Crippen LogP contribution in [0.4, 0.5) is 0 Å². The number of rotatable bonds is 1. The lowest BCUT2D eigenvalue weighted by Gasteiger charge is -2.11. The van der Waals surface area contributed by atoms with Crippen LogP contribution in [0.25, 0.3) is 0 Å². The van der Waals surface area contributed by atoms with Gasteiger partial charge in [-0.3, -0.25) is 5.10 Å². The summed E-state index contributed by atoms with van der Waals surface area (Å²) in [4.78, 5) is 0. The molecule has 2 atom stereocenters. The Morgan fingerprint density at radius 2 is 2.42 bits per heavy atom. The molecule has 1 aromatic heterocycles. The summed E-state index contributed by atoms with van der Waals surface area (Å²) >= 11 is 0. The molecule has 3 heteroatoms. The number of nitrogens with zero attached hydrogens (tertiary/aromatic N) is 1. The van der Waals surface area contributed by atoms with Crippen molar-refractivity contribution in [2.24, 2.45) is 5.73 Å². The van der Waals surface area contributed by atoms with Crippen LogP contribution in [0, 0.1) is 6.92 Å². The van der Waals surface area contributed by atoms with E-state index in [9.17, 15) is 0 Å². The van der Waals surface area contributed by atoms with E-state index in [4.69, 9.17) is 5.73 Å². The molecule has 0 bridgehead atoms. The maximum atomic E-state index is 5.97. The van der Waals surface area contributed by atoms with Crippen molar-refractivity contribution < 1.29 is 0 Å². The van der Waals surface area contributed by atoms with Crippen LogP contribution in [0.1, 0.15) is 36.6 Å². The van der Waals surface area contributed by atoms with E-state index in [-0.39, 0.29) is 0 Å². The van der Waals surface area contributed by atoms with Gasteiger partial charge in [0.1, 0.15) is 0 Å². The summed E-state index contributed by atoms with van der Waals surface area (Å²) in [5.74, 6) is 0.495. The van der Waals surface area contributed by atoms with Crippen molar-refractivity contribution in [1.29, 1.82) is 0 Å². The first-order valence-electron chi connectivity index (χ1n) is 4.55. The molecule has 66 valence electrons. The molecule has 1 heterocycles. The summed E-state index contributed by atoms with van der Waals surface area (Å²) in [6.45, 7) is 2.02. The summed E-state index contributed by atoms with van der Waals surface area (Å²) in [5, 5.41) is 7.20. The fourth-order valence-electron chi connectivity index (χ4n) is 1.98. The molecular weight excluding hydrogens is 150 g/mol. The Morgan fingerprint density at radius 3 is 2.92 bits per heavy atom. The second-order valence-electron chi connectivity index (χ2n) is 3.68. The number of hydrogen-bond acceptors (Lipinski definition) is 2. The topological polar surface area (TPSA) is 54.7 Å². The highest BCUT2D eigenvalue weighted by Crippen LogP contribution is 2.32. The molecule has 12 heavy (non-hydrogen) atoms. The van der Waals surface area contributed by atoms with Crippen molar-refractivity contribution in [2.75, 3.05) is 0 Å². The van der Waals surface area contributed by atoms with E-state index in [1.807, 2.05) is 6.92 Å². The monoisotopic (exact) mass is 165 g/mol. The molecule has 1 saturated carbocycles. The summed E-state index contributed by atoms with van der Waals surface area (Å²) in [6, 6.07) is 2.43. The Morgan fingerprint density at radius 1 is 1.58 bits per heavy atom. The summed E-state index contributed by atoms with van der Waals surface area (Å²) in [7, 11) is 0. The fourth-order valence-corrected chi connectivity index (χ4v) is 1.98. The highest BCUT2D eigenvalue weighted by Gasteiger charge is 2.26. The molecule has 3 N–H and O–H groups in total.